The van der Waals surface area contributed by atoms with Gasteiger partial charge in [-0.25, -0.2) is 4.79 Å². The van der Waals surface area contributed by atoms with Crippen molar-refractivity contribution in [3.63, 3.8) is 0 Å². The van der Waals surface area contributed by atoms with E-state index in [-0.39, 0.29) is 4.48 Å². The van der Waals surface area contributed by atoms with Crippen molar-refractivity contribution in [3.8, 4) is 0 Å². The maximum atomic E-state index is 9.92. The highest BCUT2D eigenvalue weighted by atomic mass is 79.9. The van der Waals surface area contributed by atoms with Gasteiger partial charge in [0.05, 0.1) is 4.48 Å². The first-order chi connectivity index (χ1) is 4.09. The summed E-state index contributed by atoms with van der Waals surface area (Å²) in [6.07, 6.45) is 0.316. The molecule has 0 heterocycles. The summed E-state index contributed by atoms with van der Waals surface area (Å²) in [6, 6.07) is 0. The molecule has 0 radical (unpaired) electrons. The van der Waals surface area contributed by atoms with Crippen molar-refractivity contribution in [2.45, 2.75) is 0 Å². The van der Waals surface area contributed by atoms with E-state index < -0.39 is 11.0 Å². The highest BCUT2D eigenvalue weighted by molar-refractivity contribution is 9.12. The van der Waals surface area contributed by atoms with Gasteiger partial charge in [-0.05, 0) is 15.9 Å². The van der Waals surface area contributed by atoms with E-state index >= 15 is 0 Å². The van der Waals surface area contributed by atoms with Crippen molar-refractivity contribution in [2.24, 2.45) is 0 Å². The fourth-order valence-corrected chi connectivity index (χ4v) is 0.368. The van der Waals surface area contributed by atoms with E-state index in [1.54, 1.807) is 0 Å². The van der Waals surface area contributed by atoms with E-state index in [9.17, 15) is 9.59 Å². The predicted molar refractivity (Wildman–Crippen MR) is 35.5 cm³/mol. The standard InChI is InChI=1S/C4H2BrClO3/c5-2(1-7)3(6)4(8)9/h1H,(H,8,9)/b3-2+. The predicted octanol–water partition coefficient (Wildman–Crippen LogP) is 1.12. The van der Waals surface area contributed by atoms with Gasteiger partial charge in [0.25, 0.3) is 0 Å². The van der Waals surface area contributed by atoms with Crippen molar-refractivity contribution in [2.75, 3.05) is 0 Å². The molecule has 0 aromatic rings. The second-order valence-electron chi connectivity index (χ2n) is 1.08. The van der Waals surface area contributed by atoms with Crippen molar-refractivity contribution in [1.29, 1.82) is 0 Å². The lowest BCUT2D eigenvalue weighted by Crippen LogP contribution is -1.95. The number of hydrogen-bond donors (Lipinski definition) is 1. The second kappa shape index (κ2) is 3.63. The van der Waals surface area contributed by atoms with Crippen LogP contribution >= 0.6 is 27.5 Å². The van der Waals surface area contributed by atoms with Gasteiger partial charge in [0, 0.05) is 0 Å². The smallest absolute Gasteiger partial charge is 0.348 e. The second-order valence-corrected chi connectivity index (χ2v) is 2.32. The normalized spacial score (nSPS) is 12.2. The van der Waals surface area contributed by atoms with Crippen LogP contribution in [0.3, 0.4) is 0 Å². The average molecular weight is 213 g/mol. The Morgan fingerprint density at radius 1 is 1.67 bits per heavy atom. The van der Waals surface area contributed by atoms with Crippen molar-refractivity contribution in [1.82, 2.24) is 0 Å². The van der Waals surface area contributed by atoms with E-state index in [4.69, 9.17) is 16.7 Å². The molecule has 0 aliphatic carbocycles. The van der Waals surface area contributed by atoms with Gasteiger partial charge in [-0.2, -0.15) is 0 Å². The molecule has 0 aromatic heterocycles. The Hall–Kier alpha value is -0.350. The maximum Gasteiger partial charge on any atom is 0.348 e. The van der Waals surface area contributed by atoms with Crippen LogP contribution in [-0.2, 0) is 9.59 Å². The summed E-state index contributed by atoms with van der Waals surface area (Å²) >= 11 is 7.71. The minimum absolute atomic E-state index is 0.156. The van der Waals surface area contributed by atoms with Crippen molar-refractivity contribution in [3.05, 3.63) is 9.51 Å². The molecular formula is C4H2BrClO3. The van der Waals surface area contributed by atoms with Crippen LogP contribution in [0.5, 0.6) is 0 Å². The molecule has 0 saturated carbocycles. The monoisotopic (exact) mass is 212 g/mol. The molecule has 0 bridgehead atoms. The first-order valence-electron chi connectivity index (χ1n) is 1.83. The zero-order chi connectivity index (χ0) is 7.44. The van der Waals surface area contributed by atoms with Crippen LogP contribution in [0.15, 0.2) is 9.51 Å². The molecule has 0 amide bonds. The summed E-state index contributed by atoms with van der Waals surface area (Å²) in [5.74, 6) is -1.32. The zero-order valence-corrected chi connectivity index (χ0v) is 6.44. The van der Waals surface area contributed by atoms with Gasteiger partial charge in [0.15, 0.2) is 6.29 Å². The van der Waals surface area contributed by atoms with Crippen LogP contribution in [0, 0.1) is 0 Å². The molecule has 0 atom stereocenters. The Balaban J connectivity index is 4.47. The minimum atomic E-state index is -1.32. The summed E-state index contributed by atoms with van der Waals surface area (Å²) in [4.78, 5) is 19.7. The lowest BCUT2D eigenvalue weighted by atomic mass is 10.5. The Labute approximate surface area is 64.4 Å². The number of rotatable bonds is 2. The third-order valence-electron chi connectivity index (χ3n) is 0.501. The number of carboxylic acid groups (broad SMARTS) is 1. The number of carbonyl (C=O) groups is 2. The van der Waals surface area contributed by atoms with Gasteiger partial charge in [0.1, 0.15) is 5.03 Å². The zero-order valence-electron chi connectivity index (χ0n) is 4.10. The Bertz CT molecular complexity index is 175. The number of hydrogen-bond acceptors (Lipinski definition) is 2. The summed E-state index contributed by atoms with van der Waals surface area (Å²) in [5.41, 5.74) is 0. The third kappa shape index (κ3) is 2.62. The van der Waals surface area contributed by atoms with E-state index in [0.29, 0.717) is 6.29 Å². The summed E-state index contributed by atoms with van der Waals surface area (Å²) in [5, 5.41) is 7.60. The Morgan fingerprint density at radius 3 is 2.22 bits per heavy atom. The van der Waals surface area contributed by atoms with E-state index in [1.807, 2.05) is 0 Å². The number of aldehydes is 1. The number of halogens is 2. The maximum absolute atomic E-state index is 9.92. The molecule has 0 aromatic carbocycles. The molecule has 0 rings (SSSR count). The SMILES string of the molecule is O=C/C(Br)=C(\Cl)C(=O)O. The molecule has 1 N–H and O–H groups in total. The van der Waals surface area contributed by atoms with Crippen LogP contribution in [0.25, 0.3) is 0 Å². The quantitative estimate of drug-likeness (QED) is 0.552. The fourth-order valence-electron chi connectivity index (χ4n) is 0.154. The van der Waals surface area contributed by atoms with E-state index in [0.717, 1.165) is 0 Å². The van der Waals surface area contributed by atoms with Crippen LogP contribution in [-0.4, -0.2) is 17.4 Å². The largest absolute Gasteiger partial charge is 0.477 e. The number of aliphatic carboxylic acids is 1. The van der Waals surface area contributed by atoms with Gasteiger partial charge in [0.2, 0.25) is 0 Å². The van der Waals surface area contributed by atoms with Crippen LogP contribution in [0.2, 0.25) is 0 Å². The first kappa shape index (κ1) is 8.65. The van der Waals surface area contributed by atoms with Crippen LogP contribution in [0.4, 0.5) is 0 Å². The molecular weight excluding hydrogens is 211 g/mol. The van der Waals surface area contributed by atoms with Gasteiger partial charge < -0.3 is 5.11 Å². The van der Waals surface area contributed by atoms with Crippen molar-refractivity contribution >= 4 is 39.8 Å². The Kier molecular flexibility index (Phi) is 3.49. The lowest BCUT2D eigenvalue weighted by Gasteiger charge is -1.87. The van der Waals surface area contributed by atoms with E-state index in [1.165, 1.54) is 0 Å². The van der Waals surface area contributed by atoms with Gasteiger partial charge in [-0.15, -0.1) is 0 Å². The van der Waals surface area contributed by atoms with Gasteiger partial charge in [-0.3, -0.25) is 4.79 Å². The van der Waals surface area contributed by atoms with Gasteiger partial charge in [-0.1, -0.05) is 11.6 Å². The first-order valence-corrected chi connectivity index (χ1v) is 3.00. The molecule has 0 fully saturated rings. The number of carbonyl (C=O) groups excluding carboxylic acids is 1. The summed E-state index contributed by atoms with van der Waals surface area (Å²) < 4.78 is -0.156. The van der Waals surface area contributed by atoms with Gasteiger partial charge >= 0.3 is 5.97 Å². The molecule has 5 heteroatoms. The summed E-state index contributed by atoms with van der Waals surface area (Å²) in [6.45, 7) is 0. The minimum Gasteiger partial charge on any atom is -0.477 e. The third-order valence-corrected chi connectivity index (χ3v) is 1.68. The Morgan fingerprint density at radius 2 is 2.11 bits per heavy atom. The van der Waals surface area contributed by atoms with Crippen LogP contribution < -0.4 is 0 Å². The molecule has 0 aliphatic rings. The topological polar surface area (TPSA) is 54.4 Å². The molecule has 9 heavy (non-hydrogen) atoms. The number of carboxylic acids is 1. The number of allylic oxidation sites excluding steroid dienone is 1. The molecule has 0 spiro atoms. The van der Waals surface area contributed by atoms with Crippen LogP contribution in [0.1, 0.15) is 0 Å². The summed E-state index contributed by atoms with van der Waals surface area (Å²) in [7, 11) is 0. The molecule has 0 saturated heterocycles. The molecule has 50 valence electrons. The molecule has 3 nitrogen and oxygen atoms in total. The fraction of sp³-hybridized carbons (Fsp3) is 0. The highest BCUT2D eigenvalue weighted by Crippen LogP contribution is 2.12. The van der Waals surface area contributed by atoms with Crippen molar-refractivity contribution < 1.29 is 14.7 Å². The molecule has 0 unspecified atom stereocenters. The van der Waals surface area contributed by atoms with E-state index in [2.05, 4.69) is 15.9 Å². The highest BCUT2D eigenvalue weighted by Gasteiger charge is 2.07. The molecule has 0 aliphatic heterocycles. The average Bonchev–Trinajstić information content (AvgIpc) is 1.84. The lowest BCUT2D eigenvalue weighted by molar-refractivity contribution is -0.132.